The lowest BCUT2D eigenvalue weighted by Crippen LogP contribution is -2.31. The molecule has 0 saturated heterocycles. The number of hydrogen-bond acceptors (Lipinski definition) is 5. The first-order valence-corrected chi connectivity index (χ1v) is 7.43. The zero-order chi connectivity index (χ0) is 14.5. The number of halogens is 1. The van der Waals surface area contributed by atoms with Crippen LogP contribution in [-0.4, -0.2) is 22.1 Å². The maximum absolute atomic E-state index is 12.0. The molecule has 0 aliphatic rings. The van der Waals surface area contributed by atoms with Gasteiger partial charge in [-0.3, -0.25) is 10.1 Å². The van der Waals surface area contributed by atoms with Crippen LogP contribution in [0.4, 0.5) is 10.8 Å². The van der Waals surface area contributed by atoms with Crippen LogP contribution in [0.25, 0.3) is 0 Å². The Morgan fingerprint density at radius 3 is 2.90 bits per heavy atom. The molecule has 0 radical (unpaired) electrons. The highest BCUT2D eigenvalue weighted by atomic mass is 35.5. The Hall–Kier alpha value is -1.66. The zero-order valence-electron chi connectivity index (χ0n) is 11.2. The Morgan fingerprint density at radius 1 is 1.45 bits per heavy atom. The summed E-state index contributed by atoms with van der Waals surface area (Å²) in [6.45, 7) is 3.77. The number of benzene rings is 1. The number of nitrogens with zero attached hydrogens (tertiary/aromatic N) is 2. The number of anilines is 2. The van der Waals surface area contributed by atoms with Crippen molar-refractivity contribution < 1.29 is 4.79 Å². The van der Waals surface area contributed by atoms with E-state index in [0.29, 0.717) is 10.2 Å². The summed E-state index contributed by atoms with van der Waals surface area (Å²) in [6.07, 6.45) is 0.809. The van der Waals surface area contributed by atoms with Crippen LogP contribution >= 0.6 is 22.9 Å². The van der Waals surface area contributed by atoms with E-state index in [4.69, 9.17) is 11.6 Å². The lowest BCUT2D eigenvalue weighted by atomic mass is 10.2. The van der Waals surface area contributed by atoms with Crippen LogP contribution < -0.4 is 10.6 Å². The highest BCUT2D eigenvalue weighted by Gasteiger charge is 2.15. The molecular formula is C13H15ClN4OS. The van der Waals surface area contributed by atoms with Crippen molar-refractivity contribution in [1.29, 1.82) is 0 Å². The highest BCUT2D eigenvalue weighted by Crippen LogP contribution is 2.18. The Balaban J connectivity index is 1.95. The largest absolute Gasteiger partial charge is 0.374 e. The summed E-state index contributed by atoms with van der Waals surface area (Å²) < 4.78 is 0. The fraction of sp³-hybridized carbons (Fsp3) is 0.308. The molecule has 0 aliphatic heterocycles. The average Bonchev–Trinajstić information content (AvgIpc) is 2.86. The van der Waals surface area contributed by atoms with Crippen molar-refractivity contribution in [1.82, 2.24) is 10.2 Å². The van der Waals surface area contributed by atoms with Crippen molar-refractivity contribution >= 4 is 39.7 Å². The number of carbonyl (C=O) groups is 1. The van der Waals surface area contributed by atoms with Gasteiger partial charge in [-0.2, -0.15) is 0 Å². The maximum atomic E-state index is 12.0. The predicted octanol–water partition coefficient (Wildman–Crippen LogP) is 3.19. The minimum absolute atomic E-state index is 0.163. The molecule has 0 unspecified atom stereocenters. The van der Waals surface area contributed by atoms with Crippen LogP contribution in [0.3, 0.4) is 0 Å². The van der Waals surface area contributed by atoms with Crippen molar-refractivity contribution in [2.24, 2.45) is 0 Å². The van der Waals surface area contributed by atoms with Crippen LogP contribution in [0.15, 0.2) is 24.3 Å². The third kappa shape index (κ3) is 3.91. The van der Waals surface area contributed by atoms with Gasteiger partial charge in [0.25, 0.3) is 0 Å². The Morgan fingerprint density at radius 2 is 2.25 bits per heavy atom. The lowest BCUT2D eigenvalue weighted by molar-refractivity contribution is -0.116. The minimum Gasteiger partial charge on any atom is -0.374 e. The van der Waals surface area contributed by atoms with Crippen LogP contribution in [0.2, 0.25) is 5.02 Å². The lowest BCUT2D eigenvalue weighted by Gasteiger charge is -2.14. The van der Waals surface area contributed by atoms with Crippen LogP contribution in [0.1, 0.15) is 18.9 Å². The van der Waals surface area contributed by atoms with Gasteiger partial charge in [0.1, 0.15) is 11.0 Å². The number of nitrogens with one attached hydrogen (secondary N) is 2. The van der Waals surface area contributed by atoms with Crippen LogP contribution in [0, 0.1) is 0 Å². The Labute approximate surface area is 126 Å². The van der Waals surface area contributed by atoms with Gasteiger partial charge in [-0.1, -0.05) is 35.9 Å². The summed E-state index contributed by atoms with van der Waals surface area (Å²) in [6, 6.07) is 6.84. The molecule has 5 nitrogen and oxygen atoms in total. The molecule has 0 fully saturated rings. The number of rotatable bonds is 5. The summed E-state index contributed by atoms with van der Waals surface area (Å²) in [5, 5.41) is 15.7. The second kappa shape index (κ2) is 6.67. The summed E-state index contributed by atoms with van der Waals surface area (Å²) in [4.78, 5) is 12.0. The molecule has 7 heteroatoms. The first kappa shape index (κ1) is 14.7. The topological polar surface area (TPSA) is 66.9 Å². The van der Waals surface area contributed by atoms with Gasteiger partial charge in [-0.25, -0.2) is 0 Å². The quantitative estimate of drug-likeness (QED) is 0.890. The van der Waals surface area contributed by atoms with E-state index in [0.717, 1.165) is 17.1 Å². The van der Waals surface area contributed by atoms with E-state index in [9.17, 15) is 4.79 Å². The first-order chi connectivity index (χ1) is 9.58. The average molecular weight is 311 g/mol. The molecule has 106 valence electrons. The fourth-order valence-electron chi connectivity index (χ4n) is 1.55. The first-order valence-electron chi connectivity index (χ1n) is 6.24. The van der Waals surface area contributed by atoms with Crippen molar-refractivity contribution in [3.05, 3.63) is 34.3 Å². The molecule has 0 bridgehead atoms. The number of amides is 1. The molecule has 1 amide bonds. The van der Waals surface area contributed by atoms with E-state index in [2.05, 4.69) is 20.8 Å². The van der Waals surface area contributed by atoms with E-state index in [-0.39, 0.29) is 5.91 Å². The SMILES string of the molecule is CCc1nnc(NC(=O)[C@@H](C)Nc2cccc(Cl)c2)s1. The molecule has 2 N–H and O–H groups in total. The smallest absolute Gasteiger partial charge is 0.248 e. The van der Waals surface area contributed by atoms with E-state index >= 15 is 0 Å². The highest BCUT2D eigenvalue weighted by molar-refractivity contribution is 7.15. The van der Waals surface area contributed by atoms with Gasteiger partial charge in [0.2, 0.25) is 11.0 Å². The van der Waals surface area contributed by atoms with Gasteiger partial charge in [0.15, 0.2) is 0 Å². The van der Waals surface area contributed by atoms with Crippen molar-refractivity contribution in [2.75, 3.05) is 10.6 Å². The second-order valence-corrected chi connectivity index (χ2v) is 5.72. The third-order valence-electron chi connectivity index (χ3n) is 2.60. The van der Waals surface area contributed by atoms with E-state index in [1.165, 1.54) is 11.3 Å². The maximum Gasteiger partial charge on any atom is 0.248 e. The van der Waals surface area contributed by atoms with Gasteiger partial charge >= 0.3 is 0 Å². The molecule has 1 atom stereocenters. The van der Waals surface area contributed by atoms with Crippen molar-refractivity contribution in [2.45, 2.75) is 26.3 Å². The fourth-order valence-corrected chi connectivity index (χ4v) is 2.43. The zero-order valence-corrected chi connectivity index (χ0v) is 12.8. The van der Waals surface area contributed by atoms with Gasteiger partial charge < -0.3 is 5.32 Å². The molecule has 0 saturated carbocycles. The van der Waals surface area contributed by atoms with Gasteiger partial charge in [0, 0.05) is 10.7 Å². The molecule has 0 spiro atoms. The molecule has 0 aliphatic carbocycles. The minimum atomic E-state index is -0.401. The van der Waals surface area contributed by atoms with E-state index in [1.807, 2.05) is 19.1 Å². The van der Waals surface area contributed by atoms with Gasteiger partial charge in [0.05, 0.1) is 0 Å². The van der Waals surface area contributed by atoms with Crippen LogP contribution in [0.5, 0.6) is 0 Å². The second-order valence-electron chi connectivity index (χ2n) is 4.22. The Bertz CT molecular complexity index is 602. The molecule has 1 aromatic carbocycles. The van der Waals surface area contributed by atoms with E-state index < -0.39 is 6.04 Å². The van der Waals surface area contributed by atoms with E-state index in [1.54, 1.807) is 19.1 Å². The summed E-state index contributed by atoms with van der Waals surface area (Å²) >= 11 is 7.28. The number of carbonyl (C=O) groups excluding carboxylic acids is 1. The summed E-state index contributed by atoms with van der Waals surface area (Å²) in [5.41, 5.74) is 0.798. The summed E-state index contributed by atoms with van der Waals surface area (Å²) in [5.74, 6) is -0.163. The molecule has 2 aromatic rings. The molecular weight excluding hydrogens is 296 g/mol. The Kier molecular flexibility index (Phi) is 4.92. The predicted molar refractivity (Wildman–Crippen MR) is 82.5 cm³/mol. The molecule has 20 heavy (non-hydrogen) atoms. The molecule has 1 aromatic heterocycles. The normalized spacial score (nSPS) is 11.9. The van der Waals surface area contributed by atoms with Gasteiger partial charge in [-0.05, 0) is 31.5 Å². The summed E-state index contributed by atoms with van der Waals surface area (Å²) in [7, 11) is 0. The van der Waals surface area contributed by atoms with Gasteiger partial charge in [-0.15, -0.1) is 10.2 Å². The third-order valence-corrected chi connectivity index (χ3v) is 3.82. The number of aromatic nitrogens is 2. The number of aryl methyl sites for hydroxylation is 1. The number of hydrogen-bond donors (Lipinski definition) is 2. The molecule has 2 rings (SSSR count). The monoisotopic (exact) mass is 310 g/mol. The van der Waals surface area contributed by atoms with Crippen molar-refractivity contribution in [3.8, 4) is 0 Å². The standard InChI is InChI=1S/C13H15ClN4OS/c1-3-11-17-18-13(20-11)16-12(19)8(2)15-10-6-4-5-9(14)7-10/h4-8,15H,3H2,1-2H3,(H,16,18,19)/t8-/m1/s1. The molecule has 1 heterocycles. The van der Waals surface area contributed by atoms with Crippen LogP contribution in [-0.2, 0) is 11.2 Å². The van der Waals surface area contributed by atoms with Crippen molar-refractivity contribution in [3.63, 3.8) is 0 Å².